The molecule has 1 aromatic heterocycles. The molecule has 3 nitrogen and oxygen atoms in total. The molecule has 0 fully saturated rings. The van der Waals surface area contributed by atoms with E-state index < -0.39 is 0 Å². The highest BCUT2D eigenvalue weighted by atomic mass is 16.5. The zero-order valence-corrected chi connectivity index (χ0v) is 12.8. The van der Waals surface area contributed by atoms with Gasteiger partial charge in [-0.15, -0.1) is 0 Å². The van der Waals surface area contributed by atoms with Crippen LogP contribution in [0.3, 0.4) is 0 Å². The Balaban J connectivity index is 2.23. The number of hydrogen-bond acceptors (Lipinski definition) is 2. The molecule has 1 heterocycles. The molecular formula is C19H18N2O. The first-order valence-corrected chi connectivity index (χ1v) is 7.32. The van der Waals surface area contributed by atoms with Crippen LogP contribution in [0.5, 0.6) is 5.75 Å². The van der Waals surface area contributed by atoms with Gasteiger partial charge in [-0.05, 0) is 30.2 Å². The second-order valence-corrected chi connectivity index (χ2v) is 5.39. The number of rotatable bonds is 4. The van der Waals surface area contributed by atoms with Gasteiger partial charge in [-0.3, -0.25) is 0 Å². The molecule has 0 unspecified atom stereocenters. The van der Waals surface area contributed by atoms with Gasteiger partial charge >= 0.3 is 0 Å². The SMILES string of the molecule is COc1ccc2[nH]c(C)c(CC#N)c2c1Cc1ccccc1. The van der Waals surface area contributed by atoms with Crippen molar-refractivity contribution < 1.29 is 4.74 Å². The van der Waals surface area contributed by atoms with Crippen molar-refractivity contribution >= 4 is 10.9 Å². The molecule has 3 heteroatoms. The Morgan fingerprint density at radius 1 is 1.09 bits per heavy atom. The highest BCUT2D eigenvalue weighted by Gasteiger charge is 2.16. The van der Waals surface area contributed by atoms with Crippen molar-refractivity contribution in [2.45, 2.75) is 19.8 Å². The normalized spacial score (nSPS) is 10.6. The van der Waals surface area contributed by atoms with Crippen molar-refractivity contribution in [3.05, 3.63) is 64.8 Å². The highest BCUT2D eigenvalue weighted by Crippen LogP contribution is 2.34. The Bertz CT molecular complexity index is 841. The van der Waals surface area contributed by atoms with Crippen LogP contribution in [0.1, 0.15) is 22.4 Å². The molecule has 3 aromatic rings. The zero-order valence-electron chi connectivity index (χ0n) is 12.8. The van der Waals surface area contributed by atoms with Crippen LogP contribution in [0, 0.1) is 18.3 Å². The minimum Gasteiger partial charge on any atom is -0.496 e. The largest absolute Gasteiger partial charge is 0.496 e. The Labute approximate surface area is 130 Å². The molecule has 0 spiro atoms. The van der Waals surface area contributed by atoms with E-state index in [0.717, 1.165) is 39.9 Å². The summed E-state index contributed by atoms with van der Waals surface area (Å²) in [6.45, 7) is 2.02. The van der Waals surface area contributed by atoms with E-state index >= 15 is 0 Å². The predicted octanol–water partition coefficient (Wildman–Crippen LogP) is 4.14. The predicted molar refractivity (Wildman–Crippen MR) is 88.2 cm³/mol. The van der Waals surface area contributed by atoms with Crippen molar-refractivity contribution in [2.24, 2.45) is 0 Å². The first-order valence-electron chi connectivity index (χ1n) is 7.32. The van der Waals surface area contributed by atoms with Crippen LogP contribution >= 0.6 is 0 Å². The molecule has 2 aromatic carbocycles. The third-order valence-electron chi connectivity index (χ3n) is 4.05. The molecular weight excluding hydrogens is 272 g/mol. The van der Waals surface area contributed by atoms with Gasteiger partial charge in [0.25, 0.3) is 0 Å². The summed E-state index contributed by atoms with van der Waals surface area (Å²) in [4.78, 5) is 3.38. The number of ether oxygens (including phenoxy) is 1. The summed E-state index contributed by atoms with van der Waals surface area (Å²) in [5.74, 6) is 0.870. The van der Waals surface area contributed by atoms with Crippen LogP contribution in [-0.4, -0.2) is 12.1 Å². The summed E-state index contributed by atoms with van der Waals surface area (Å²) in [5.41, 5.74) is 5.56. The van der Waals surface area contributed by atoms with Crippen LogP contribution in [0.25, 0.3) is 10.9 Å². The van der Waals surface area contributed by atoms with E-state index in [1.54, 1.807) is 7.11 Å². The van der Waals surface area contributed by atoms with E-state index in [-0.39, 0.29) is 0 Å². The number of hydrogen-bond donors (Lipinski definition) is 1. The topological polar surface area (TPSA) is 48.8 Å². The van der Waals surface area contributed by atoms with Gasteiger partial charge in [-0.2, -0.15) is 5.26 Å². The Morgan fingerprint density at radius 2 is 1.86 bits per heavy atom. The summed E-state index contributed by atoms with van der Waals surface area (Å²) < 4.78 is 5.57. The minimum atomic E-state index is 0.404. The fraction of sp³-hybridized carbons (Fsp3) is 0.211. The molecule has 0 saturated heterocycles. The lowest BCUT2D eigenvalue weighted by atomic mass is 9.96. The molecule has 0 saturated carbocycles. The fourth-order valence-corrected chi connectivity index (χ4v) is 3.01. The van der Waals surface area contributed by atoms with Crippen molar-refractivity contribution in [1.82, 2.24) is 4.98 Å². The first kappa shape index (κ1) is 14.2. The van der Waals surface area contributed by atoms with Crippen LogP contribution in [-0.2, 0) is 12.8 Å². The molecule has 0 aliphatic rings. The summed E-state index contributed by atoms with van der Waals surface area (Å²) in [5, 5.41) is 10.3. The lowest BCUT2D eigenvalue weighted by Gasteiger charge is -2.11. The molecule has 0 atom stereocenters. The second-order valence-electron chi connectivity index (χ2n) is 5.39. The number of fused-ring (bicyclic) bond motifs is 1. The van der Waals surface area contributed by atoms with Gasteiger partial charge in [-0.1, -0.05) is 30.3 Å². The van der Waals surface area contributed by atoms with Gasteiger partial charge in [0.2, 0.25) is 0 Å². The number of H-pyrrole nitrogens is 1. The summed E-state index contributed by atoms with van der Waals surface area (Å²) in [7, 11) is 1.69. The number of benzene rings is 2. The van der Waals surface area contributed by atoms with Gasteiger partial charge in [0, 0.05) is 28.6 Å². The van der Waals surface area contributed by atoms with Gasteiger partial charge < -0.3 is 9.72 Å². The van der Waals surface area contributed by atoms with Gasteiger partial charge in [0.05, 0.1) is 19.6 Å². The molecule has 22 heavy (non-hydrogen) atoms. The van der Waals surface area contributed by atoms with E-state index in [9.17, 15) is 0 Å². The number of aromatic nitrogens is 1. The number of aromatic amines is 1. The van der Waals surface area contributed by atoms with Gasteiger partial charge in [0.15, 0.2) is 0 Å². The van der Waals surface area contributed by atoms with Crippen molar-refractivity contribution in [2.75, 3.05) is 7.11 Å². The monoisotopic (exact) mass is 290 g/mol. The van der Waals surface area contributed by atoms with E-state index in [0.29, 0.717) is 6.42 Å². The van der Waals surface area contributed by atoms with Crippen LogP contribution in [0.4, 0.5) is 0 Å². The number of methoxy groups -OCH3 is 1. The average Bonchev–Trinajstić information content (AvgIpc) is 2.85. The summed E-state index contributed by atoms with van der Waals surface area (Å²) >= 11 is 0. The summed E-state index contributed by atoms with van der Waals surface area (Å²) in [6, 6.07) is 16.6. The average molecular weight is 290 g/mol. The molecule has 0 bridgehead atoms. The molecule has 110 valence electrons. The number of nitriles is 1. The number of nitrogens with zero attached hydrogens (tertiary/aromatic N) is 1. The van der Waals surface area contributed by atoms with E-state index in [2.05, 4.69) is 23.2 Å². The third kappa shape index (κ3) is 2.44. The zero-order chi connectivity index (χ0) is 15.5. The van der Waals surface area contributed by atoms with Crippen LogP contribution in [0.15, 0.2) is 42.5 Å². The van der Waals surface area contributed by atoms with Gasteiger partial charge in [0.1, 0.15) is 5.75 Å². The van der Waals surface area contributed by atoms with Gasteiger partial charge in [-0.25, -0.2) is 0 Å². The number of aryl methyl sites for hydroxylation is 1. The smallest absolute Gasteiger partial charge is 0.123 e. The van der Waals surface area contributed by atoms with Crippen LogP contribution < -0.4 is 4.74 Å². The Hall–Kier alpha value is -2.73. The molecule has 1 N–H and O–H groups in total. The highest BCUT2D eigenvalue weighted by molar-refractivity contribution is 5.90. The maximum atomic E-state index is 9.13. The van der Waals surface area contributed by atoms with E-state index in [1.165, 1.54) is 5.56 Å². The van der Waals surface area contributed by atoms with Crippen molar-refractivity contribution in [3.8, 4) is 11.8 Å². The Morgan fingerprint density at radius 3 is 2.55 bits per heavy atom. The lowest BCUT2D eigenvalue weighted by molar-refractivity contribution is 0.411. The molecule has 0 radical (unpaired) electrons. The third-order valence-corrected chi connectivity index (χ3v) is 4.05. The maximum Gasteiger partial charge on any atom is 0.123 e. The molecule has 0 amide bonds. The molecule has 0 aliphatic carbocycles. The van der Waals surface area contributed by atoms with Crippen molar-refractivity contribution in [3.63, 3.8) is 0 Å². The van der Waals surface area contributed by atoms with Crippen molar-refractivity contribution in [1.29, 1.82) is 5.26 Å². The second kappa shape index (κ2) is 5.95. The maximum absolute atomic E-state index is 9.13. The van der Waals surface area contributed by atoms with Crippen LogP contribution in [0.2, 0.25) is 0 Å². The molecule has 0 aliphatic heterocycles. The number of nitrogens with one attached hydrogen (secondary N) is 1. The lowest BCUT2D eigenvalue weighted by Crippen LogP contribution is -1.96. The van der Waals surface area contributed by atoms with E-state index in [1.807, 2.05) is 37.3 Å². The fourth-order valence-electron chi connectivity index (χ4n) is 3.01. The van der Waals surface area contributed by atoms with E-state index in [4.69, 9.17) is 10.00 Å². The quantitative estimate of drug-likeness (QED) is 0.785. The molecule has 3 rings (SSSR count). The Kier molecular flexibility index (Phi) is 3.84. The summed E-state index contributed by atoms with van der Waals surface area (Å²) in [6.07, 6.45) is 1.19. The minimum absolute atomic E-state index is 0.404. The standard InChI is InChI=1S/C19H18N2O/c1-13-15(10-11-20)19-16(12-14-6-4-3-5-7-14)18(22-2)9-8-17(19)21-13/h3-9,21H,10,12H2,1-2H3. The first-order chi connectivity index (χ1) is 10.7.